The zero-order valence-electron chi connectivity index (χ0n) is 20.8. The zero-order valence-corrected chi connectivity index (χ0v) is 20.8. The SMILES string of the molecule is CN(C)[C@@H]1C(O)C(C(N)=O)C(=O)[C@@]2(O)C(=O)C3=C(O)c4c(O)ccc(-c5cccc(C=O)c5)c4C[C@H]3C[C@@H]12. The minimum atomic E-state index is -2.70. The Morgan fingerprint density at radius 2 is 1.87 bits per heavy atom. The lowest BCUT2D eigenvalue weighted by Crippen LogP contribution is -2.73. The second-order valence-electron chi connectivity index (χ2n) is 10.5. The number of ketones is 2. The predicted octanol–water partition coefficient (Wildman–Crippen LogP) is 0.609. The number of aliphatic hydroxyl groups excluding tert-OH is 2. The number of hydrogen-bond acceptors (Lipinski definition) is 9. The van der Waals surface area contributed by atoms with Crippen molar-refractivity contribution in [3.63, 3.8) is 0 Å². The van der Waals surface area contributed by atoms with Gasteiger partial charge in [0.05, 0.1) is 11.7 Å². The van der Waals surface area contributed by atoms with Gasteiger partial charge in [-0.2, -0.15) is 0 Å². The molecule has 38 heavy (non-hydrogen) atoms. The summed E-state index contributed by atoms with van der Waals surface area (Å²) < 4.78 is 0. The number of fused-ring (bicyclic) bond motifs is 3. The first-order valence-corrected chi connectivity index (χ1v) is 12.2. The molecule has 0 heterocycles. The van der Waals surface area contributed by atoms with Gasteiger partial charge in [0, 0.05) is 23.1 Å². The summed E-state index contributed by atoms with van der Waals surface area (Å²) in [7, 11) is 3.20. The van der Waals surface area contributed by atoms with E-state index in [2.05, 4.69) is 0 Å². The number of aliphatic hydroxyl groups is 3. The number of nitrogens with zero attached hydrogens (tertiary/aromatic N) is 1. The first-order chi connectivity index (χ1) is 17.9. The molecule has 2 unspecified atom stereocenters. The van der Waals surface area contributed by atoms with Crippen molar-refractivity contribution >= 4 is 29.5 Å². The molecular formula is C28H28N2O8. The van der Waals surface area contributed by atoms with Gasteiger partial charge in [0.15, 0.2) is 11.4 Å². The van der Waals surface area contributed by atoms with Crippen molar-refractivity contribution in [2.24, 2.45) is 23.5 Å². The molecule has 5 rings (SSSR count). The van der Waals surface area contributed by atoms with E-state index in [-0.39, 0.29) is 29.7 Å². The van der Waals surface area contributed by atoms with Crippen LogP contribution in [0.1, 0.15) is 27.9 Å². The van der Waals surface area contributed by atoms with Gasteiger partial charge < -0.3 is 31.1 Å². The van der Waals surface area contributed by atoms with Crippen LogP contribution in [-0.4, -0.2) is 80.9 Å². The fraction of sp³-hybridized carbons (Fsp3) is 0.357. The summed E-state index contributed by atoms with van der Waals surface area (Å²) in [6.45, 7) is 0. The summed E-state index contributed by atoms with van der Waals surface area (Å²) in [5, 5.41) is 44.7. The Labute approximate surface area is 218 Å². The van der Waals surface area contributed by atoms with Gasteiger partial charge in [0.25, 0.3) is 0 Å². The molecule has 0 aromatic heterocycles. The first-order valence-electron chi connectivity index (χ1n) is 12.2. The van der Waals surface area contributed by atoms with Gasteiger partial charge in [-0.1, -0.05) is 24.3 Å². The zero-order chi connectivity index (χ0) is 27.7. The van der Waals surface area contributed by atoms with Crippen molar-refractivity contribution in [2.45, 2.75) is 30.6 Å². The number of amides is 1. The summed E-state index contributed by atoms with van der Waals surface area (Å²) in [5.41, 5.74) is 4.76. The maximum Gasteiger partial charge on any atom is 0.230 e. The minimum Gasteiger partial charge on any atom is -0.507 e. The molecule has 3 aliphatic rings. The Kier molecular flexibility index (Phi) is 6.01. The topological polar surface area (TPSA) is 178 Å². The number of likely N-dealkylation sites (N-methyl/N-ethyl adjacent to an activating group) is 1. The number of rotatable bonds is 4. The minimum absolute atomic E-state index is 0.000407. The Hall–Kier alpha value is -3.86. The number of carbonyl (C=O) groups excluding carboxylic acids is 4. The van der Waals surface area contributed by atoms with E-state index >= 15 is 0 Å². The van der Waals surface area contributed by atoms with Crippen LogP contribution in [0.4, 0.5) is 0 Å². The number of aromatic hydroxyl groups is 1. The number of phenolic OH excluding ortho intramolecular Hbond substituents is 1. The first kappa shape index (κ1) is 25.8. The summed E-state index contributed by atoms with van der Waals surface area (Å²) in [6, 6.07) is 8.86. The molecule has 6 N–H and O–H groups in total. The van der Waals surface area contributed by atoms with Crippen molar-refractivity contribution in [1.29, 1.82) is 0 Å². The molecule has 2 fully saturated rings. The third-order valence-corrected chi connectivity index (χ3v) is 8.31. The normalized spacial score (nSPS) is 30.5. The summed E-state index contributed by atoms with van der Waals surface area (Å²) in [6.07, 6.45) is -0.639. The van der Waals surface area contributed by atoms with Crippen molar-refractivity contribution in [3.05, 3.63) is 58.7 Å². The van der Waals surface area contributed by atoms with E-state index in [0.29, 0.717) is 28.5 Å². The van der Waals surface area contributed by atoms with Crippen LogP contribution in [0.5, 0.6) is 5.75 Å². The number of benzene rings is 2. The number of carbonyl (C=O) groups is 4. The van der Waals surface area contributed by atoms with Crippen LogP contribution in [0.3, 0.4) is 0 Å². The van der Waals surface area contributed by atoms with Crippen LogP contribution in [0.2, 0.25) is 0 Å². The molecule has 10 heteroatoms. The number of hydrogen-bond donors (Lipinski definition) is 5. The maximum absolute atomic E-state index is 13.9. The monoisotopic (exact) mass is 520 g/mol. The van der Waals surface area contributed by atoms with E-state index < -0.39 is 58.7 Å². The third-order valence-electron chi connectivity index (χ3n) is 8.31. The van der Waals surface area contributed by atoms with Gasteiger partial charge in [-0.05, 0) is 61.7 Å². The standard InChI is InChI=1S/C28H28N2O8/c1-30(2)22-17-10-14-9-16-15(13-5-3-4-12(8-13)11-31)6-7-18(32)20(16)23(33)19(14)25(35)28(17,38)26(36)21(24(22)34)27(29)37/h3-8,11,14,17,21-22,24,32-34,38H,9-10H2,1-2H3,(H2,29,37)/t14-,17-,21?,22-,24?,28-/m0/s1. The summed E-state index contributed by atoms with van der Waals surface area (Å²) in [4.78, 5) is 52.3. The average Bonchev–Trinajstić information content (AvgIpc) is 2.86. The molecule has 0 aliphatic heterocycles. The van der Waals surface area contributed by atoms with Crippen molar-refractivity contribution in [2.75, 3.05) is 14.1 Å². The highest BCUT2D eigenvalue weighted by molar-refractivity contribution is 6.25. The summed E-state index contributed by atoms with van der Waals surface area (Å²) >= 11 is 0. The predicted molar refractivity (Wildman–Crippen MR) is 135 cm³/mol. The molecule has 1 amide bonds. The van der Waals surface area contributed by atoms with Crippen LogP contribution in [0, 0.1) is 17.8 Å². The lowest BCUT2D eigenvalue weighted by molar-refractivity contribution is -0.184. The Balaban J connectivity index is 1.71. The van der Waals surface area contributed by atoms with E-state index in [0.717, 1.165) is 0 Å². The number of Topliss-reactive ketones (excluding diaryl/α,β-unsaturated/α-hetero) is 2. The molecule has 198 valence electrons. The molecule has 2 saturated carbocycles. The van der Waals surface area contributed by atoms with Gasteiger partial charge in [-0.15, -0.1) is 0 Å². The van der Waals surface area contributed by atoms with Crippen LogP contribution in [0.25, 0.3) is 16.9 Å². The van der Waals surface area contributed by atoms with Crippen LogP contribution >= 0.6 is 0 Å². The third kappa shape index (κ3) is 3.44. The summed E-state index contributed by atoms with van der Waals surface area (Å²) in [5.74, 6) is -7.85. The number of nitrogens with two attached hydrogens (primary N) is 1. The Morgan fingerprint density at radius 3 is 2.50 bits per heavy atom. The fourth-order valence-electron chi connectivity index (χ4n) is 6.65. The van der Waals surface area contributed by atoms with E-state index in [1.165, 1.54) is 6.07 Å². The van der Waals surface area contributed by atoms with Gasteiger partial charge in [-0.3, -0.25) is 19.2 Å². The molecule has 6 atom stereocenters. The average molecular weight is 521 g/mol. The van der Waals surface area contributed by atoms with E-state index in [4.69, 9.17) is 5.73 Å². The van der Waals surface area contributed by atoms with Crippen molar-refractivity contribution < 1.29 is 39.6 Å². The van der Waals surface area contributed by atoms with Crippen molar-refractivity contribution in [3.8, 4) is 16.9 Å². The second-order valence-corrected chi connectivity index (χ2v) is 10.5. The van der Waals surface area contributed by atoms with Crippen LogP contribution < -0.4 is 5.73 Å². The molecule has 2 aromatic rings. The highest BCUT2D eigenvalue weighted by Gasteiger charge is 2.67. The number of phenols is 1. The van der Waals surface area contributed by atoms with E-state index in [1.807, 2.05) is 0 Å². The largest absolute Gasteiger partial charge is 0.507 e. The number of primary amides is 1. The van der Waals surface area contributed by atoms with Crippen molar-refractivity contribution in [1.82, 2.24) is 4.90 Å². The smallest absolute Gasteiger partial charge is 0.230 e. The quantitative estimate of drug-likeness (QED) is 0.285. The highest BCUT2D eigenvalue weighted by atomic mass is 16.3. The Morgan fingerprint density at radius 1 is 1.16 bits per heavy atom. The Bertz CT molecular complexity index is 1430. The second kappa shape index (κ2) is 8.87. The maximum atomic E-state index is 13.9. The van der Waals surface area contributed by atoms with Crippen LogP contribution in [0.15, 0.2) is 42.0 Å². The molecular weight excluding hydrogens is 492 g/mol. The molecule has 3 aliphatic carbocycles. The molecule has 0 radical (unpaired) electrons. The van der Waals surface area contributed by atoms with Gasteiger partial charge in [0.1, 0.15) is 23.7 Å². The van der Waals surface area contributed by atoms with E-state index in [9.17, 15) is 39.6 Å². The van der Waals surface area contributed by atoms with Crippen LogP contribution in [-0.2, 0) is 20.8 Å². The molecule has 2 aromatic carbocycles. The van der Waals surface area contributed by atoms with Gasteiger partial charge >= 0.3 is 0 Å². The lowest BCUT2D eigenvalue weighted by Gasteiger charge is -2.53. The van der Waals surface area contributed by atoms with Gasteiger partial charge in [-0.25, -0.2) is 0 Å². The van der Waals surface area contributed by atoms with Gasteiger partial charge in [0.2, 0.25) is 11.7 Å². The lowest BCUT2D eigenvalue weighted by atomic mass is 9.54. The molecule has 10 nitrogen and oxygen atoms in total. The van der Waals surface area contributed by atoms with E-state index in [1.54, 1.807) is 49.3 Å². The molecule has 0 spiro atoms. The molecule has 0 saturated heterocycles. The number of aldehydes is 1. The molecule has 0 bridgehead atoms. The fourth-order valence-corrected chi connectivity index (χ4v) is 6.65. The highest BCUT2D eigenvalue weighted by Crippen LogP contribution is 2.53.